The number of rotatable bonds is 6. The molecule has 2 N–H and O–H groups in total. The second kappa shape index (κ2) is 9.26. The molecule has 148 valence electrons. The Balaban J connectivity index is 1.54. The van der Waals surface area contributed by atoms with E-state index in [1.807, 2.05) is 44.2 Å². The molecule has 6 nitrogen and oxygen atoms in total. The number of hydrogen-bond acceptors (Lipinski definition) is 3. The van der Waals surface area contributed by atoms with Gasteiger partial charge in [-0.15, -0.1) is 0 Å². The summed E-state index contributed by atoms with van der Waals surface area (Å²) in [6, 6.07) is 15.2. The van der Waals surface area contributed by atoms with Gasteiger partial charge in [0.2, 0.25) is 0 Å². The average Bonchev–Trinajstić information content (AvgIpc) is 3.15. The summed E-state index contributed by atoms with van der Waals surface area (Å²) in [7, 11) is 0. The number of nitrogens with zero attached hydrogens (tertiary/aromatic N) is 1. The van der Waals surface area contributed by atoms with Crippen LogP contribution >= 0.6 is 0 Å². The Morgan fingerprint density at radius 1 is 1.18 bits per heavy atom. The Kier molecular flexibility index (Phi) is 6.53. The third kappa shape index (κ3) is 5.25. The standard InChI is InChI=1S/C22H27N3O3/c1-3-23-22(27)25-11-10-19(14-25)24-21(26)18-8-5-9-20(13-18)28-15-17-7-4-6-16(2)12-17/h4-9,12-13,19H,3,10-11,14-15H2,1-2H3,(H,23,27)(H,24,26). The summed E-state index contributed by atoms with van der Waals surface area (Å²) in [5, 5.41) is 5.80. The minimum absolute atomic E-state index is 0.0352. The quantitative estimate of drug-likeness (QED) is 0.808. The predicted molar refractivity (Wildman–Crippen MR) is 108 cm³/mol. The zero-order chi connectivity index (χ0) is 19.9. The molecule has 28 heavy (non-hydrogen) atoms. The van der Waals surface area contributed by atoms with Crippen LogP contribution in [-0.2, 0) is 6.61 Å². The van der Waals surface area contributed by atoms with Crippen molar-refractivity contribution >= 4 is 11.9 Å². The van der Waals surface area contributed by atoms with Crippen LogP contribution in [0.5, 0.6) is 5.75 Å². The van der Waals surface area contributed by atoms with E-state index < -0.39 is 0 Å². The number of likely N-dealkylation sites (tertiary alicyclic amines) is 1. The zero-order valence-corrected chi connectivity index (χ0v) is 16.4. The zero-order valence-electron chi connectivity index (χ0n) is 16.4. The number of nitrogens with one attached hydrogen (secondary N) is 2. The molecule has 3 rings (SSSR count). The van der Waals surface area contributed by atoms with Crippen molar-refractivity contribution < 1.29 is 14.3 Å². The molecule has 6 heteroatoms. The minimum Gasteiger partial charge on any atom is -0.489 e. The van der Waals surface area contributed by atoms with Gasteiger partial charge in [0.1, 0.15) is 12.4 Å². The smallest absolute Gasteiger partial charge is 0.317 e. The first-order valence-corrected chi connectivity index (χ1v) is 9.67. The van der Waals surface area contributed by atoms with Crippen LogP contribution in [0.3, 0.4) is 0 Å². The second-order valence-corrected chi connectivity index (χ2v) is 7.05. The molecule has 0 aliphatic carbocycles. The van der Waals surface area contributed by atoms with Gasteiger partial charge in [0.05, 0.1) is 0 Å². The lowest BCUT2D eigenvalue weighted by Crippen LogP contribution is -2.42. The van der Waals surface area contributed by atoms with Crippen LogP contribution in [0.2, 0.25) is 0 Å². The number of benzene rings is 2. The van der Waals surface area contributed by atoms with E-state index in [4.69, 9.17) is 4.74 Å². The Labute approximate surface area is 165 Å². The van der Waals surface area contributed by atoms with Crippen molar-refractivity contribution in [1.82, 2.24) is 15.5 Å². The van der Waals surface area contributed by atoms with E-state index >= 15 is 0 Å². The minimum atomic E-state index is -0.149. The summed E-state index contributed by atoms with van der Waals surface area (Å²) in [6.07, 6.45) is 0.756. The molecule has 2 aromatic rings. The lowest BCUT2D eigenvalue weighted by atomic mass is 10.1. The molecule has 0 aromatic heterocycles. The third-order valence-electron chi connectivity index (χ3n) is 4.72. The number of ether oxygens (including phenoxy) is 1. The van der Waals surface area contributed by atoms with E-state index in [2.05, 4.69) is 16.7 Å². The van der Waals surface area contributed by atoms with Crippen LogP contribution in [0.15, 0.2) is 48.5 Å². The van der Waals surface area contributed by atoms with Gasteiger partial charge in [0.15, 0.2) is 0 Å². The molecule has 0 saturated carbocycles. The van der Waals surface area contributed by atoms with Crippen LogP contribution in [0, 0.1) is 6.92 Å². The van der Waals surface area contributed by atoms with Gasteiger partial charge in [-0.1, -0.05) is 35.9 Å². The summed E-state index contributed by atoms with van der Waals surface area (Å²) < 4.78 is 5.84. The Bertz CT molecular complexity index is 837. The maximum Gasteiger partial charge on any atom is 0.317 e. The number of urea groups is 1. The van der Waals surface area contributed by atoms with Crippen LogP contribution in [-0.4, -0.2) is 42.5 Å². The molecular weight excluding hydrogens is 354 g/mol. The van der Waals surface area contributed by atoms with E-state index in [9.17, 15) is 9.59 Å². The van der Waals surface area contributed by atoms with Gasteiger partial charge >= 0.3 is 6.03 Å². The van der Waals surface area contributed by atoms with Crippen LogP contribution in [0.1, 0.15) is 34.8 Å². The average molecular weight is 381 g/mol. The van der Waals surface area contributed by atoms with Gasteiger partial charge in [0, 0.05) is 31.2 Å². The number of aryl methyl sites for hydroxylation is 1. The normalized spacial score (nSPS) is 15.9. The van der Waals surface area contributed by atoms with E-state index in [0.717, 1.165) is 12.0 Å². The van der Waals surface area contributed by atoms with E-state index in [1.165, 1.54) is 5.56 Å². The monoisotopic (exact) mass is 381 g/mol. The molecule has 1 atom stereocenters. The van der Waals surface area contributed by atoms with Crippen molar-refractivity contribution in [3.05, 3.63) is 65.2 Å². The fourth-order valence-corrected chi connectivity index (χ4v) is 3.29. The molecule has 1 heterocycles. The summed E-state index contributed by atoms with van der Waals surface area (Å²) in [5.41, 5.74) is 2.83. The molecule has 1 aliphatic rings. The third-order valence-corrected chi connectivity index (χ3v) is 4.72. The maximum atomic E-state index is 12.6. The van der Waals surface area contributed by atoms with Crippen LogP contribution < -0.4 is 15.4 Å². The second-order valence-electron chi connectivity index (χ2n) is 7.05. The first-order valence-electron chi connectivity index (χ1n) is 9.67. The van der Waals surface area contributed by atoms with E-state index in [1.54, 1.807) is 17.0 Å². The van der Waals surface area contributed by atoms with Gasteiger partial charge in [0.25, 0.3) is 5.91 Å². The topological polar surface area (TPSA) is 70.7 Å². The Morgan fingerprint density at radius 3 is 2.79 bits per heavy atom. The van der Waals surface area contributed by atoms with E-state index in [0.29, 0.717) is 37.6 Å². The van der Waals surface area contributed by atoms with Crippen molar-refractivity contribution in [2.75, 3.05) is 19.6 Å². The van der Waals surface area contributed by atoms with Crippen molar-refractivity contribution in [3.8, 4) is 5.75 Å². The Morgan fingerprint density at radius 2 is 2.00 bits per heavy atom. The van der Waals surface area contributed by atoms with E-state index in [-0.39, 0.29) is 18.0 Å². The van der Waals surface area contributed by atoms with Gasteiger partial charge < -0.3 is 20.3 Å². The van der Waals surface area contributed by atoms with Crippen molar-refractivity contribution in [2.24, 2.45) is 0 Å². The number of carbonyl (C=O) groups is 2. The summed E-state index contributed by atoms with van der Waals surface area (Å²) >= 11 is 0. The molecule has 2 aromatic carbocycles. The molecular formula is C22H27N3O3. The van der Waals surface area contributed by atoms with Gasteiger partial charge in [-0.05, 0) is 44.0 Å². The maximum absolute atomic E-state index is 12.6. The predicted octanol–water partition coefficient (Wildman–Crippen LogP) is 3.11. The van der Waals surface area contributed by atoms with Gasteiger partial charge in [-0.2, -0.15) is 0 Å². The number of amides is 3. The van der Waals surface area contributed by atoms with Crippen molar-refractivity contribution in [2.45, 2.75) is 32.9 Å². The largest absolute Gasteiger partial charge is 0.489 e. The molecule has 1 aliphatic heterocycles. The first kappa shape index (κ1) is 19.7. The lowest BCUT2D eigenvalue weighted by molar-refractivity contribution is 0.0937. The van der Waals surface area contributed by atoms with Crippen molar-refractivity contribution in [3.63, 3.8) is 0 Å². The summed E-state index contributed by atoms with van der Waals surface area (Å²) in [5.74, 6) is 0.508. The van der Waals surface area contributed by atoms with Gasteiger partial charge in [-0.3, -0.25) is 4.79 Å². The first-order chi connectivity index (χ1) is 13.5. The lowest BCUT2D eigenvalue weighted by Gasteiger charge is -2.17. The molecule has 0 bridgehead atoms. The summed E-state index contributed by atoms with van der Waals surface area (Å²) in [4.78, 5) is 26.2. The molecule has 1 saturated heterocycles. The highest BCUT2D eigenvalue weighted by Gasteiger charge is 2.27. The molecule has 0 spiro atoms. The molecule has 0 radical (unpaired) electrons. The highest BCUT2D eigenvalue weighted by atomic mass is 16.5. The number of carbonyl (C=O) groups excluding carboxylic acids is 2. The number of hydrogen-bond donors (Lipinski definition) is 2. The molecule has 1 unspecified atom stereocenters. The summed E-state index contributed by atoms with van der Waals surface area (Å²) in [6.45, 7) is 6.17. The van der Waals surface area contributed by atoms with Gasteiger partial charge in [-0.25, -0.2) is 4.79 Å². The highest BCUT2D eigenvalue weighted by molar-refractivity contribution is 5.94. The fourth-order valence-electron chi connectivity index (χ4n) is 3.29. The Hall–Kier alpha value is -3.02. The highest BCUT2D eigenvalue weighted by Crippen LogP contribution is 2.17. The molecule has 1 fully saturated rings. The SMILES string of the molecule is CCNC(=O)N1CCC(NC(=O)c2cccc(OCc3cccc(C)c3)c2)C1. The van der Waals surface area contributed by atoms with Crippen molar-refractivity contribution in [1.29, 1.82) is 0 Å². The molecule has 3 amide bonds. The van der Waals surface area contributed by atoms with Crippen LogP contribution in [0.4, 0.5) is 4.79 Å². The van der Waals surface area contributed by atoms with Crippen LogP contribution in [0.25, 0.3) is 0 Å². The fraction of sp³-hybridized carbons (Fsp3) is 0.364.